The summed E-state index contributed by atoms with van der Waals surface area (Å²) >= 11 is 3.49. The molecule has 170 valence electrons. The number of amides is 2. The van der Waals surface area contributed by atoms with Gasteiger partial charge in [0.2, 0.25) is 11.1 Å². The predicted octanol–water partition coefficient (Wildman–Crippen LogP) is -4.75. The number of carboxylic acids is 1. The number of carboxylic acid groups (broad SMARTS) is 1. The predicted molar refractivity (Wildman–Crippen MR) is 113 cm³/mol. The Labute approximate surface area is 222 Å². The molecule has 12 nitrogen and oxygen atoms in total. The number of β-lactam (4-membered cyclic amide) rings is 1. The topological polar surface area (TPSA) is 167 Å². The average Bonchev–Trinajstić information content (AvgIpc) is 3.41. The van der Waals surface area contributed by atoms with E-state index in [2.05, 4.69) is 20.8 Å². The van der Waals surface area contributed by atoms with Crippen LogP contribution >= 0.6 is 34.9 Å². The van der Waals surface area contributed by atoms with E-state index in [1.165, 1.54) is 34.3 Å². The van der Waals surface area contributed by atoms with Crippen molar-refractivity contribution in [2.24, 2.45) is 7.05 Å². The molecule has 0 aromatic carbocycles. The first-order valence-electron chi connectivity index (χ1n) is 8.98. The molecule has 0 radical (unpaired) electrons. The fourth-order valence-corrected chi connectivity index (χ4v) is 7.75. The molecule has 0 aliphatic carbocycles. The SMILES string of the molecule is Cn1nnnc1SCC1=C(C(=O)[O-])N2C(=O)C(NC(=O)CS(=O)(=O)c3cccs3)[C@H]2SC1.[Na+]. The summed E-state index contributed by atoms with van der Waals surface area (Å²) in [6, 6.07) is 1.94. The zero-order valence-electron chi connectivity index (χ0n) is 17.3. The number of tetrazole rings is 1. The van der Waals surface area contributed by atoms with Gasteiger partial charge in [0.05, 0.1) is 11.7 Å². The van der Waals surface area contributed by atoms with Crippen LogP contribution in [0.25, 0.3) is 0 Å². The molecule has 17 heteroatoms. The Morgan fingerprint density at radius 2 is 2.15 bits per heavy atom. The maximum absolute atomic E-state index is 12.7. The molecular formula is C16H15N6NaO6S4. The molecule has 0 spiro atoms. The second-order valence-electron chi connectivity index (χ2n) is 6.76. The van der Waals surface area contributed by atoms with Crippen molar-refractivity contribution < 1.29 is 57.5 Å². The smallest absolute Gasteiger partial charge is 0.543 e. The van der Waals surface area contributed by atoms with Crippen molar-refractivity contribution in [1.82, 2.24) is 30.4 Å². The third-order valence-corrected chi connectivity index (χ3v) is 10.2. The zero-order valence-corrected chi connectivity index (χ0v) is 22.6. The van der Waals surface area contributed by atoms with E-state index in [0.717, 1.165) is 16.2 Å². The molecule has 33 heavy (non-hydrogen) atoms. The molecule has 1 N–H and O–H groups in total. The van der Waals surface area contributed by atoms with Gasteiger partial charge in [-0.05, 0) is 27.4 Å². The summed E-state index contributed by atoms with van der Waals surface area (Å²) < 4.78 is 26.0. The number of thioether (sulfide) groups is 2. The number of nitrogens with one attached hydrogen (secondary N) is 1. The standard InChI is InChI=1S/C16H16N6O6S4.Na/c1-21-16(18-19-20-21)31-6-8-5-30-14-11(13(24)22(14)12(8)15(25)26)17-9(23)7-32(27,28)10-3-2-4-29-10;/h2-4,11,14H,5-7H2,1H3,(H,17,23)(H,25,26);/q;+1/p-1/t11?,14-;/m1./s1. The maximum Gasteiger partial charge on any atom is 1.00 e. The van der Waals surface area contributed by atoms with Crippen LogP contribution in [0.5, 0.6) is 0 Å². The van der Waals surface area contributed by atoms with E-state index in [1.54, 1.807) is 18.5 Å². The van der Waals surface area contributed by atoms with E-state index in [1.807, 2.05) is 0 Å². The van der Waals surface area contributed by atoms with Crippen LogP contribution in [0.2, 0.25) is 0 Å². The first-order valence-corrected chi connectivity index (χ1v) is 13.5. The molecule has 1 saturated heterocycles. The Morgan fingerprint density at radius 1 is 1.39 bits per heavy atom. The number of hydrogen-bond acceptors (Lipinski definition) is 12. The van der Waals surface area contributed by atoms with E-state index < -0.39 is 44.8 Å². The van der Waals surface area contributed by atoms with Gasteiger partial charge in [-0.15, -0.1) is 28.2 Å². The van der Waals surface area contributed by atoms with Crippen LogP contribution in [-0.4, -0.2) is 80.0 Å². The number of aryl methyl sites for hydroxylation is 1. The zero-order chi connectivity index (χ0) is 23.0. The summed E-state index contributed by atoms with van der Waals surface area (Å²) in [6.07, 6.45) is 0. The maximum atomic E-state index is 12.7. The van der Waals surface area contributed by atoms with Crippen molar-refractivity contribution >= 4 is 62.5 Å². The number of aliphatic carboxylic acids is 1. The van der Waals surface area contributed by atoms with Gasteiger partial charge in [-0.2, -0.15) is 0 Å². The molecule has 2 aromatic heterocycles. The molecule has 1 unspecified atom stereocenters. The fraction of sp³-hybridized carbons (Fsp3) is 0.375. The number of carbonyl (C=O) groups excluding carboxylic acids is 3. The average molecular weight is 539 g/mol. The van der Waals surface area contributed by atoms with Gasteiger partial charge in [0.25, 0.3) is 5.91 Å². The van der Waals surface area contributed by atoms with Crippen LogP contribution in [0.4, 0.5) is 0 Å². The van der Waals surface area contributed by atoms with E-state index in [0.29, 0.717) is 10.7 Å². The van der Waals surface area contributed by atoms with Gasteiger partial charge in [0.15, 0.2) is 9.84 Å². The molecule has 4 heterocycles. The molecule has 0 bridgehead atoms. The number of thiophene rings is 1. The van der Waals surface area contributed by atoms with E-state index in [4.69, 9.17) is 0 Å². The Morgan fingerprint density at radius 3 is 2.76 bits per heavy atom. The molecule has 2 aliphatic heterocycles. The summed E-state index contributed by atoms with van der Waals surface area (Å²) in [5, 5.41) is 26.7. The molecule has 1 fully saturated rings. The fourth-order valence-electron chi connectivity index (χ4n) is 3.18. The van der Waals surface area contributed by atoms with Crippen molar-refractivity contribution in [3.63, 3.8) is 0 Å². The number of rotatable bonds is 8. The van der Waals surface area contributed by atoms with Crippen molar-refractivity contribution in [3.05, 3.63) is 28.8 Å². The van der Waals surface area contributed by atoms with Crippen LogP contribution in [0.3, 0.4) is 0 Å². The number of hydrogen-bond donors (Lipinski definition) is 1. The largest absolute Gasteiger partial charge is 1.00 e. The van der Waals surface area contributed by atoms with E-state index >= 15 is 0 Å². The number of sulfone groups is 1. The molecule has 4 rings (SSSR count). The Bertz CT molecular complexity index is 1210. The number of nitrogens with zero attached hydrogens (tertiary/aromatic N) is 5. The van der Waals surface area contributed by atoms with Gasteiger partial charge < -0.3 is 15.2 Å². The Hall–Kier alpha value is -1.43. The summed E-state index contributed by atoms with van der Waals surface area (Å²) in [7, 11) is -2.17. The molecule has 2 atom stereocenters. The Kier molecular flexibility index (Phi) is 8.29. The minimum Gasteiger partial charge on any atom is -0.543 e. The molecule has 0 saturated carbocycles. The van der Waals surface area contributed by atoms with Crippen molar-refractivity contribution in [2.45, 2.75) is 20.8 Å². The first-order chi connectivity index (χ1) is 15.2. The van der Waals surface area contributed by atoms with Crippen molar-refractivity contribution in [3.8, 4) is 0 Å². The van der Waals surface area contributed by atoms with Crippen LogP contribution in [0.15, 0.2) is 38.1 Å². The number of aromatic nitrogens is 4. The molecule has 2 amide bonds. The third kappa shape index (κ3) is 5.31. The van der Waals surface area contributed by atoms with Gasteiger partial charge in [-0.1, -0.05) is 17.8 Å². The minimum atomic E-state index is -3.82. The van der Waals surface area contributed by atoms with Gasteiger partial charge in [-0.3, -0.25) is 14.5 Å². The number of carbonyl (C=O) groups is 3. The minimum absolute atomic E-state index is 0. The first kappa shape index (κ1) is 26.2. The summed E-state index contributed by atoms with van der Waals surface area (Å²) in [6.45, 7) is 0. The molecule has 2 aliphatic rings. The van der Waals surface area contributed by atoms with Crippen LogP contribution in [0, 0.1) is 0 Å². The monoisotopic (exact) mass is 538 g/mol. The summed E-state index contributed by atoms with van der Waals surface area (Å²) in [5.74, 6) is -3.24. The quantitative estimate of drug-likeness (QED) is 0.195. The van der Waals surface area contributed by atoms with E-state index in [9.17, 15) is 27.9 Å². The van der Waals surface area contributed by atoms with Crippen LogP contribution in [-0.2, 0) is 31.3 Å². The number of fused-ring (bicyclic) bond motifs is 1. The van der Waals surface area contributed by atoms with E-state index in [-0.39, 0.29) is 51.0 Å². The Balaban J connectivity index is 0.00000306. The second-order valence-corrected chi connectivity index (χ2v) is 12.0. The van der Waals surface area contributed by atoms with Gasteiger partial charge in [0.1, 0.15) is 21.4 Å². The van der Waals surface area contributed by atoms with Crippen LogP contribution < -0.4 is 40.0 Å². The van der Waals surface area contributed by atoms with Crippen LogP contribution in [0.1, 0.15) is 0 Å². The summed E-state index contributed by atoms with van der Waals surface area (Å²) in [4.78, 5) is 37.8. The second kappa shape index (κ2) is 10.5. The van der Waals surface area contributed by atoms with Gasteiger partial charge >= 0.3 is 29.6 Å². The molecular weight excluding hydrogens is 523 g/mol. The van der Waals surface area contributed by atoms with Gasteiger partial charge in [0, 0.05) is 18.6 Å². The third-order valence-electron chi connectivity index (χ3n) is 4.64. The van der Waals surface area contributed by atoms with Crippen molar-refractivity contribution in [2.75, 3.05) is 17.3 Å². The van der Waals surface area contributed by atoms with Crippen molar-refractivity contribution in [1.29, 1.82) is 0 Å². The molecule has 2 aromatic rings. The summed E-state index contributed by atoms with van der Waals surface area (Å²) in [5.41, 5.74) is 0.232. The normalized spacial score (nSPS) is 20.0. The van der Waals surface area contributed by atoms with Gasteiger partial charge in [-0.25, -0.2) is 13.1 Å².